The lowest BCUT2D eigenvalue weighted by Crippen LogP contribution is -2.38. The van der Waals surface area contributed by atoms with Crippen molar-refractivity contribution in [2.24, 2.45) is 0 Å². The second-order valence-electron chi connectivity index (χ2n) is 8.16. The summed E-state index contributed by atoms with van der Waals surface area (Å²) in [7, 11) is 0. The average molecular weight is 331 g/mol. The summed E-state index contributed by atoms with van der Waals surface area (Å²) in [5.41, 5.74) is 1.04. The maximum absolute atomic E-state index is 12.6. The number of amides is 2. The number of rotatable bonds is 1. The van der Waals surface area contributed by atoms with Gasteiger partial charge in [-0.2, -0.15) is 0 Å². The van der Waals surface area contributed by atoms with Crippen LogP contribution in [0, 0.1) is 0 Å². The molecular formula is C18H25N3O3. The predicted molar refractivity (Wildman–Crippen MR) is 92.4 cm³/mol. The minimum atomic E-state index is -0.551. The first-order chi connectivity index (χ1) is 11.1. The zero-order valence-electron chi connectivity index (χ0n) is 15.0. The molecule has 2 amide bonds. The zero-order valence-corrected chi connectivity index (χ0v) is 15.0. The van der Waals surface area contributed by atoms with E-state index in [-0.39, 0.29) is 17.4 Å². The number of anilines is 2. The molecule has 0 spiro atoms. The fraction of sp³-hybridized carbons (Fsp3) is 0.611. The Morgan fingerprint density at radius 2 is 2.04 bits per heavy atom. The van der Waals surface area contributed by atoms with Crippen LogP contribution in [0.3, 0.4) is 0 Å². The zero-order chi connectivity index (χ0) is 17.7. The summed E-state index contributed by atoms with van der Waals surface area (Å²) >= 11 is 0. The van der Waals surface area contributed by atoms with E-state index in [1.54, 1.807) is 16.0 Å². The molecule has 1 saturated heterocycles. The van der Waals surface area contributed by atoms with Gasteiger partial charge in [0.1, 0.15) is 11.4 Å². The molecule has 130 valence electrons. The number of hydrogen-bond acceptors (Lipinski definition) is 4. The van der Waals surface area contributed by atoms with Crippen molar-refractivity contribution in [3.63, 3.8) is 0 Å². The van der Waals surface area contributed by atoms with Crippen molar-refractivity contribution in [2.75, 3.05) is 22.9 Å². The number of pyridine rings is 1. The van der Waals surface area contributed by atoms with Crippen molar-refractivity contribution in [3.05, 3.63) is 17.8 Å². The lowest BCUT2D eigenvalue weighted by atomic mass is 9.88. The number of fused-ring (bicyclic) bond motifs is 1. The van der Waals surface area contributed by atoms with Gasteiger partial charge in [0.05, 0.1) is 5.69 Å². The van der Waals surface area contributed by atoms with Gasteiger partial charge in [0.25, 0.3) is 0 Å². The van der Waals surface area contributed by atoms with Crippen molar-refractivity contribution >= 4 is 23.5 Å². The van der Waals surface area contributed by atoms with Crippen LogP contribution in [0.1, 0.15) is 53.0 Å². The first-order valence-electron chi connectivity index (χ1n) is 8.40. The molecule has 0 radical (unpaired) electrons. The van der Waals surface area contributed by atoms with Gasteiger partial charge in [-0.05, 0) is 27.2 Å². The minimum absolute atomic E-state index is 0.0866. The third kappa shape index (κ3) is 2.97. The Bertz CT molecular complexity index is 691. The second-order valence-corrected chi connectivity index (χ2v) is 8.16. The second kappa shape index (κ2) is 5.46. The number of nitrogens with zero attached hydrogens (tertiary/aromatic N) is 3. The molecule has 0 N–H and O–H groups in total. The Labute approximate surface area is 142 Å². The fourth-order valence-corrected chi connectivity index (χ4v) is 3.26. The van der Waals surface area contributed by atoms with Crippen molar-refractivity contribution < 1.29 is 14.3 Å². The lowest BCUT2D eigenvalue weighted by Gasteiger charge is -2.26. The van der Waals surface area contributed by atoms with Crippen LogP contribution >= 0.6 is 0 Å². The molecule has 0 saturated carbocycles. The maximum Gasteiger partial charge on any atom is 0.414 e. The molecule has 6 heteroatoms. The van der Waals surface area contributed by atoms with Crippen molar-refractivity contribution in [1.82, 2.24) is 4.98 Å². The first kappa shape index (κ1) is 16.7. The average Bonchev–Trinajstić information content (AvgIpc) is 2.98. The summed E-state index contributed by atoms with van der Waals surface area (Å²) in [6.45, 7) is 10.9. The number of ether oxygens (including phenoxy) is 1. The molecule has 0 aliphatic carbocycles. The Balaban J connectivity index is 1.97. The third-order valence-corrected chi connectivity index (χ3v) is 4.40. The van der Waals surface area contributed by atoms with E-state index in [2.05, 4.69) is 18.8 Å². The Morgan fingerprint density at radius 1 is 1.33 bits per heavy atom. The third-order valence-electron chi connectivity index (χ3n) is 4.40. The first-order valence-corrected chi connectivity index (χ1v) is 8.40. The van der Waals surface area contributed by atoms with Crippen molar-refractivity contribution in [3.8, 4) is 0 Å². The van der Waals surface area contributed by atoms with Gasteiger partial charge in [-0.25, -0.2) is 9.78 Å². The fourth-order valence-electron chi connectivity index (χ4n) is 3.26. The van der Waals surface area contributed by atoms with Crippen LogP contribution < -0.4 is 9.80 Å². The van der Waals surface area contributed by atoms with Gasteiger partial charge >= 0.3 is 6.09 Å². The molecule has 0 aromatic carbocycles. The Morgan fingerprint density at radius 3 is 2.62 bits per heavy atom. The van der Waals surface area contributed by atoms with E-state index in [1.165, 1.54) is 0 Å². The molecule has 3 rings (SSSR count). The predicted octanol–water partition coefficient (Wildman–Crippen LogP) is 3.24. The summed E-state index contributed by atoms with van der Waals surface area (Å²) in [6.07, 6.45) is 2.83. The number of carbonyl (C=O) groups excluding carboxylic acids is 2. The highest BCUT2D eigenvalue weighted by Crippen LogP contribution is 2.42. The molecule has 1 aromatic heterocycles. The molecule has 6 nitrogen and oxygen atoms in total. The van der Waals surface area contributed by atoms with Crippen LogP contribution in [0.15, 0.2) is 12.3 Å². The van der Waals surface area contributed by atoms with Gasteiger partial charge in [0, 0.05) is 42.8 Å². The molecule has 1 fully saturated rings. The number of aromatic nitrogens is 1. The highest BCUT2D eigenvalue weighted by Gasteiger charge is 2.41. The van der Waals surface area contributed by atoms with E-state index < -0.39 is 5.60 Å². The van der Waals surface area contributed by atoms with Crippen LogP contribution in [-0.2, 0) is 14.9 Å². The van der Waals surface area contributed by atoms with Gasteiger partial charge in [-0.15, -0.1) is 0 Å². The molecule has 0 atom stereocenters. The van der Waals surface area contributed by atoms with E-state index in [4.69, 9.17) is 4.74 Å². The van der Waals surface area contributed by atoms with Crippen LogP contribution in [0.4, 0.5) is 16.3 Å². The number of hydrogen-bond donors (Lipinski definition) is 0. The van der Waals surface area contributed by atoms with Crippen LogP contribution in [0.2, 0.25) is 0 Å². The monoisotopic (exact) mass is 331 g/mol. The van der Waals surface area contributed by atoms with E-state index in [9.17, 15) is 9.59 Å². The van der Waals surface area contributed by atoms with Crippen molar-refractivity contribution in [1.29, 1.82) is 0 Å². The summed E-state index contributed by atoms with van der Waals surface area (Å²) in [4.78, 5) is 32.4. The summed E-state index contributed by atoms with van der Waals surface area (Å²) < 4.78 is 5.54. The minimum Gasteiger partial charge on any atom is -0.443 e. The molecule has 2 aliphatic heterocycles. The summed E-state index contributed by atoms with van der Waals surface area (Å²) in [5, 5.41) is 0. The van der Waals surface area contributed by atoms with Gasteiger partial charge in [0.15, 0.2) is 0 Å². The smallest absolute Gasteiger partial charge is 0.414 e. The summed E-state index contributed by atoms with van der Waals surface area (Å²) in [5.74, 6) is 0.700. The van der Waals surface area contributed by atoms with Crippen LogP contribution in [0.25, 0.3) is 0 Å². The molecule has 0 bridgehead atoms. The highest BCUT2D eigenvalue weighted by atomic mass is 16.6. The molecule has 24 heavy (non-hydrogen) atoms. The van der Waals surface area contributed by atoms with Gasteiger partial charge < -0.3 is 4.74 Å². The molecule has 3 heterocycles. The molecule has 1 aromatic rings. The van der Waals surface area contributed by atoms with E-state index in [0.717, 1.165) is 17.7 Å². The van der Waals surface area contributed by atoms with E-state index in [0.29, 0.717) is 25.3 Å². The summed E-state index contributed by atoms with van der Waals surface area (Å²) in [6, 6.07) is 1.84. The Hall–Kier alpha value is -2.11. The largest absolute Gasteiger partial charge is 0.443 e. The topological polar surface area (TPSA) is 62.7 Å². The quantitative estimate of drug-likeness (QED) is 0.792. The molecule has 0 unspecified atom stereocenters. The van der Waals surface area contributed by atoms with Gasteiger partial charge in [-0.1, -0.05) is 13.8 Å². The van der Waals surface area contributed by atoms with Crippen LogP contribution in [-0.4, -0.2) is 35.7 Å². The van der Waals surface area contributed by atoms with E-state index in [1.807, 2.05) is 26.8 Å². The lowest BCUT2D eigenvalue weighted by molar-refractivity contribution is -0.117. The van der Waals surface area contributed by atoms with Gasteiger partial charge in [-0.3, -0.25) is 14.6 Å². The van der Waals surface area contributed by atoms with Crippen LogP contribution in [0.5, 0.6) is 0 Å². The molecular weight excluding hydrogens is 306 g/mol. The normalized spacial score (nSPS) is 19.6. The van der Waals surface area contributed by atoms with Crippen molar-refractivity contribution in [2.45, 2.75) is 58.5 Å². The standard InChI is InChI=1S/C18H25N3O3/c1-17(2,3)24-16(23)21-11-18(4,5)12-10-19-14(9-13(12)21)20-8-6-7-15(20)22/h9-10H,6-8,11H2,1-5H3. The molecule has 2 aliphatic rings. The maximum atomic E-state index is 12.6. The highest BCUT2D eigenvalue weighted by molar-refractivity contribution is 5.97. The van der Waals surface area contributed by atoms with Gasteiger partial charge in [0.2, 0.25) is 5.91 Å². The Kier molecular flexibility index (Phi) is 3.81. The number of carbonyl (C=O) groups is 2. The SMILES string of the molecule is CC(C)(C)OC(=O)N1CC(C)(C)c2cnc(N3CCCC3=O)cc21. The van der Waals surface area contributed by atoms with E-state index >= 15 is 0 Å².